The zero-order valence-corrected chi connectivity index (χ0v) is 32.7. The Kier molecular flexibility index (Phi) is 48.3. The Labute approximate surface area is 384 Å². The molecule has 0 rings (SSSR count). The molecule has 0 aromatic heterocycles. The van der Waals surface area contributed by atoms with Gasteiger partial charge in [0.15, 0.2) is 0 Å². The van der Waals surface area contributed by atoms with E-state index in [1.807, 2.05) is 0 Å². The van der Waals surface area contributed by atoms with Crippen LogP contribution in [0.15, 0.2) is 0 Å². The number of carboxylic acids is 12. The number of aliphatic carboxylic acids is 12. The zero-order valence-electron chi connectivity index (χ0n) is 27.1. The van der Waals surface area contributed by atoms with Crippen molar-refractivity contribution >= 4 is 71.6 Å². The third-order valence-electron chi connectivity index (χ3n) is 5.01. The number of hydrogen-bond donors (Lipinski definition) is 4. The standard InChI is InChI=1S/4C6H8O7.6Cu/c4*7-3(8)1-6(13,5(11)12)2-4(9)10;;;;;;/h4*13H,1-2H2,(H,7,8)(H,9,10)(H,11,12);;;;;;/q;;;;6*+2/p-12. The van der Waals surface area contributed by atoms with Crippen LogP contribution in [0.25, 0.3) is 0 Å². The fourth-order valence-electron chi connectivity index (χ4n) is 2.74. The molecule has 0 spiro atoms. The topological polar surface area (TPSA) is 562 Å². The first-order valence-corrected chi connectivity index (χ1v) is 12.5. The molecule has 0 aromatic rings. The van der Waals surface area contributed by atoms with Crippen LogP contribution in [0.1, 0.15) is 51.4 Å². The summed E-state index contributed by atoms with van der Waals surface area (Å²) in [5.74, 6) is -23.9. The molecular weight excluding hydrogens is 1120 g/mol. The summed E-state index contributed by atoms with van der Waals surface area (Å²) in [5, 5.41) is 156. The summed E-state index contributed by atoms with van der Waals surface area (Å²) in [7, 11) is 0. The number of carbonyl (C=O) groups excluding carboxylic acids is 12. The van der Waals surface area contributed by atoms with Gasteiger partial charge in [-0.1, -0.05) is 0 Å². The molecule has 0 fully saturated rings. The van der Waals surface area contributed by atoms with E-state index in [4.69, 9.17) is 20.4 Å². The SMILES string of the molecule is O=C([O-])CC(O)(CC(=O)[O-])C(=O)[O-].O=C([O-])CC(O)(CC(=O)[O-])C(=O)[O-].O=C([O-])CC(O)(CC(=O)[O-])C(=O)[O-].O=C([O-])CC(O)(CC(=O)[O-])C(=O)[O-].[Cu+2].[Cu+2].[Cu+2].[Cu+2].[Cu+2].[Cu+2]. The van der Waals surface area contributed by atoms with E-state index < -0.39 is 145 Å². The van der Waals surface area contributed by atoms with Crippen molar-refractivity contribution in [3.63, 3.8) is 0 Å². The van der Waals surface area contributed by atoms with Crippen molar-refractivity contribution in [3.05, 3.63) is 0 Å². The predicted octanol–water partition coefficient (Wildman–Crippen LogP) is -21.0. The van der Waals surface area contributed by atoms with Gasteiger partial charge in [0.1, 0.15) is 22.4 Å². The average Bonchev–Trinajstić information content (AvgIpc) is 2.85. The minimum atomic E-state index is -2.97. The number of aliphatic hydroxyl groups is 4. The summed E-state index contributed by atoms with van der Waals surface area (Å²) in [6.45, 7) is 0. The third kappa shape index (κ3) is 38.1. The van der Waals surface area contributed by atoms with Crippen LogP contribution in [0.5, 0.6) is 0 Å². The summed E-state index contributed by atoms with van der Waals surface area (Å²) in [6.07, 6.45) is -10.9. The summed E-state index contributed by atoms with van der Waals surface area (Å²) in [4.78, 5) is 120. The van der Waals surface area contributed by atoms with Crippen LogP contribution in [0, 0.1) is 0 Å². The molecule has 0 aromatic carbocycles. The minimum Gasteiger partial charge on any atom is -0.550 e. The molecule has 0 heterocycles. The Morgan fingerprint density at radius 1 is 0.241 bits per heavy atom. The Morgan fingerprint density at radius 3 is 0.345 bits per heavy atom. The summed E-state index contributed by atoms with van der Waals surface area (Å²) in [5.41, 5.74) is -11.9. The van der Waals surface area contributed by atoms with Crippen molar-refractivity contribution in [1.82, 2.24) is 0 Å². The van der Waals surface area contributed by atoms with Gasteiger partial charge in [-0.2, -0.15) is 0 Å². The van der Waals surface area contributed by atoms with Gasteiger partial charge in [0, 0.05) is 99.1 Å². The van der Waals surface area contributed by atoms with Crippen LogP contribution in [0.4, 0.5) is 0 Å². The van der Waals surface area contributed by atoms with Crippen molar-refractivity contribution in [2.75, 3.05) is 0 Å². The van der Waals surface area contributed by atoms with Crippen molar-refractivity contribution < 1.29 is 242 Å². The first-order valence-electron chi connectivity index (χ1n) is 12.5. The normalized spacial score (nSPS) is 9.72. The first-order chi connectivity index (χ1) is 23.1. The fraction of sp³-hybridized carbons (Fsp3) is 0.500. The van der Waals surface area contributed by atoms with Crippen molar-refractivity contribution in [2.24, 2.45) is 0 Å². The minimum absolute atomic E-state index is 0. The smallest absolute Gasteiger partial charge is 0.550 e. The Bertz CT molecular complexity index is 1150. The van der Waals surface area contributed by atoms with Crippen LogP contribution in [-0.2, 0) is 160 Å². The third-order valence-corrected chi connectivity index (χ3v) is 5.01. The van der Waals surface area contributed by atoms with Gasteiger partial charge < -0.3 is 139 Å². The van der Waals surface area contributed by atoms with Gasteiger partial charge in [0.25, 0.3) is 0 Å². The van der Waals surface area contributed by atoms with Crippen LogP contribution < -0.4 is 61.3 Å². The maximum atomic E-state index is 10.1. The molecule has 0 saturated heterocycles. The first kappa shape index (κ1) is 78.9. The summed E-state index contributed by atoms with van der Waals surface area (Å²) in [6, 6.07) is 0. The maximum Gasteiger partial charge on any atom is 2.00 e. The van der Waals surface area contributed by atoms with Gasteiger partial charge in [-0.25, -0.2) is 0 Å². The molecule has 0 aliphatic rings. The molecule has 350 valence electrons. The van der Waals surface area contributed by atoms with E-state index in [0.717, 1.165) is 0 Å². The maximum absolute atomic E-state index is 10.1. The molecular formula is C24H20Cu6O28. The van der Waals surface area contributed by atoms with Gasteiger partial charge >= 0.3 is 102 Å². The van der Waals surface area contributed by atoms with Crippen LogP contribution in [-0.4, -0.2) is 114 Å². The van der Waals surface area contributed by atoms with Crippen molar-refractivity contribution in [2.45, 2.75) is 73.8 Å². The largest absolute Gasteiger partial charge is 2.00 e. The van der Waals surface area contributed by atoms with Crippen molar-refractivity contribution in [1.29, 1.82) is 0 Å². The molecule has 28 nitrogen and oxygen atoms in total. The molecule has 0 atom stereocenters. The fourth-order valence-corrected chi connectivity index (χ4v) is 2.74. The molecule has 6 radical (unpaired) electrons. The molecule has 0 aliphatic heterocycles. The molecule has 0 bridgehead atoms. The summed E-state index contributed by atoms with van der Waals surface area (Å²) < 4.78 is 0. The second-order valence-corrected chi connectivity index (χ2v) is 9.67. The van der Waals surface area contributed by atoms with Gasteiger partial charge in [-0.05, 0) is 0 Å². The van der Waals surface area contributed by atoms with Crippen LogP contribution >= 0.6 is 0 Å². The summed E-state index contributed by atoms with van der Waals surface area (Å²) >= 11 is 0. The number of hydrogen-bond acceptors (Lipinski definition) is 28. The van der Waals surface area contributed by atoms with Gasteiger partial charge in [-0.15, -0.1) is 0 Å². The monoisotopic (exact) mass is 1130 g/mol. The second-order valence-electron chi connectivity index (χ2n) is 9.67. The zero-order chi connectivity index (χ0) is 42.6. The van der Waals surface area contributed by atoms with Crippen molar-refractivity contribution in [3.8, 4) is 0 Å². The van der Waals surface area contributed by atoms with E-state index in [9.17, 15) is 119 Å². The van der Waals surface area contributed by atoms with E-state index in [1.54, 1.807) is 0 Å². The number of carboxylic acid groups (broad SMARTS) is 12. The van der Waals surface area contributed by atoms with Gasteiger partial charge in [0.05, 0.1) is 23.9 Å². The second kappa shape index (κ2) is 35.5. The molecule has 34 heteroatoms. The molecule has 58 heavy (non-hydrogen) atoms. The van der Waals surface area contributed by atoms with E-state index in [-0.39, 0.29) is 102 Å². The van der Waals surface area contributed by atoms with E-state index in [1.165, 1.54) is 0 Å². The van der Waals surface area contributed by atoms with Gasteiger partial charge in [-0.3, -0.25) is 0 Å². The quantitative estimate of drug-likeness (QED) is 0.0822. The average molecular weight is 1140 g/mol. The molecule has 0 amide bonds. The Morgan fingerprint density at radius 2 is 0.310 bits per heavy atom. The molecule has 0 saturated carbocycles. The number of rotatable bonds is 20. The Hall–Kier alpha value is -3.40. The predicted molar refractivity (Wildman–Crippen MR) is 117 cm³/mol. The Balaban J connectivity index is -0.0000000640. The van der Waals surface area contributed by atoms with Gasteiger partial charge in [0.2, 0.25) is 0 Å². The molecule has 0 unspecified atom stereocenters. The van der Waals surface area contributed by atoms with E-state index in [0.29, 0.717) is 0 Å². The van der Waals surface area contributed by atoms with E-state index in [2.05, 4.69) is 0 Å². The van der Waals surface area contributed by atoms with Crippen LogP contribution in [0.3, 0.4) is 0 Å². The van der Waals surface area contributed by atoms with Crippen LogP contribution in [0.2, 0.25) is 0 Å². The number of carbonyl (C=O) groups is 12. The molecule has 0 aliphatic carbocycles. The molecule has 4 N–H and O–H groups in total. The van der Waals surface area contributed by atoms with E-state index >= 15 is 0 Å².